The zero-order valence-corrected chi connectivity index (χ0v) is 16.4. The van der Waals surface area contributed by atoms with E-state index in [2.05, 4.69) is 9.57 Å². The first kappa shape index (κ1) is 23.5. The molecule has 0 saturated heterocycles. The van der Waals surface area contributed by atoms with Crippen LogP contribution in [-0.4, -0.2) is 59.7 Å². The number of benzene rings is 1. The van der Waals surface area contributed by atoms with Crippen LogP contribution in [-0.2, 0) is 19.2 Å². The van der Waals surface area contributed by atoms with Gasteiger partial charge in [-0.25, -0.2) is 4.79 Å². The van der Waals surface area contributed by atoms with Crippen LogP contribution in [0.2, 0.25) is 10.0 Å². The number of hydrogen-bond donors (Lipinski definition) is 2. The summed E-state index contributed by atoms with van der Waals surface area (Å²) in [6.45, 7) is -1.66. The lowest BCUT2D eigenvalue weighted by molar-refractivity contribution is -0.784. The number of nitrogens with one attached hydrogen (secondary N) is 1. The summed E-state index contributed by atoms with van der Waals surface area (Å²) in [4.78, 5) is 38.4. The van der Waals surface area contributed by atoms with Crippen LogP contribution in [0.15, 0.2) is 17.7 Å². The highest BCUT2D eigenvalue weighted by molar-refractivity contribution is 6.36. The molecule has 0 amide bonds. The highest BCUT2D eigenvalue weighted by atomic mass is 35.5. The third kappa shape index (κ3) is 5.87. The molecule has 0 radical (unpaired) electrons. The maximum atomic E-state index is 13.4. The topological polar surface area (TPSA) is 117 Å². The Bertz CT molecular complexity index is 895. The van der Waals surface area contributed by atoms with E-state index < -0.39 is 43.1 Å². The molecule has 0 aromatic heterocycles. The molecule has 2 N–H and O–H groups in total. The molecule has 1 aromatic carbocycles. The van der Waals surface area contributed by atoms with Crippen molar-refractivity contribution in [2.24, 2.45) is 0 Å². The Balaban J connectivity index is 2.07. The molecule has 0 saturated carbocycles. The summed E-state index contributed by atoms with van der Waals surface area (Å²) in [6.07, 6.45) is -6.78. The van der Waals surface area contributed by atoms with Gasteiger partial charge in [0.1, 0.15) is 5.75 Å². The number of esters is 1. The third-order valence-electron chi connectivity index (χ3n) is 3.47. The van der Waals surface area contributed by atoms with Crippen LogP contribution in [0.4, 0.5) is 13.2 Å². The first-order valence-corrected chi connectivity index (χ1v) is 8.54. The largest absolute Gasteiger partial charge is 0.480 e. The SMILES string of the molecule is CN(CC(=O)O)[N+](=O)NOCOC(=O)C1=Cc2cc(Cl)cc(Cl)c2OC1C(F)(F)F. The van der Waals surface area contributed by atoms with Gasteiger partial charge in [-0.2, -0.15) is 18.0 Å². The number of hydrogen-bond acceptors (Lipinski definition) is 6. The summed E-state index contributed by atoms with van der Waals surface area (Å²) in [5, 5.41) is 9.11. The number of rotatable bonds is 8. The number of carbonyl (C=O) groups is 2. The predicted molar refractivity (Wildman–Crippen MR) is 94.0 cm³/mol. The van der Waals surface area contributed by atoms with Crippen LogP contribution in [0, 0.1) is 4.91 Å². The molecule has 1 aromatic rings. The monoisotopic (exact) mass is 474 g/mol. The number of nitroso groups, excluding NO2 is 1. The molecule has 0 fully saturated rings. The lowest BCUT2D eigenvalue weighted by Gasteiger charge is -2.28. The van der Waals surface area contributed by atoms with Crippen molar-refractivity contribution >= 4 is 41.2 Å². The molecule has 0 aliphatic carbocycles. The second kappa shape index (κ2) is 9.36. The third-order valence-corrected chi connectivity index (χ3v) is 3.96. The number of ether oxygens (including phenoxy) is 2. The maximum absolute atomic E-state index is 13.4. The normalized spacial score (nSPS) is 15.4. The minimum atomic E-state index is -4.98. The zero-order chi connectivity index (χ0) is 22.6. The van der Waals surface area contributed by atoms with Gasteiger partial charge in [0, 0.05) is 16.2 Å². The second-order valence-electron chi connectivity index (χ2n) is 5.71. The van der Waals surface area contributed by atoms with E-state index in [0.29, 0.717) is 5.01 Å². The Morgan fingerprint density at radius 3 is 2.63 bits per heavy atom. The van der Waals surface area contributed by atoms with Gasteiger partial charge in [0.2, 0.25) is 12.9 Å². The fraction of sp³-hybridized carbons (Fsp3) is 0.333. The first-order chi connectivity index (χ1) is 13.9. The van der Waals surface area contributed by atoms with Crippen molar-refractivity contribution in [2.75, 3.05) is 20.4 Å². The zero-order valence-electron chi connectivity index (χ0n) is 14.9. The van der Waals surface area contributed by atoms with Gasteiger partial charge >= 0.3 is 18.1 Å². The molecule has 30 heavy (non-hydrogen) atoms. The summed E-state index contributed by atoms with van der Waals surface area (Å²) < 4.78 is 49.5. The van der Waals surface area contributed by atoms with Crippen LogP contribution >= 0.6 is 23.2 Å². The van der Waals surface area contributed by atoms with Gasteiger partial charge in [0.15, 0.2) is 6.54 Å². The van der Waals surface area contributed by atoms with Gasteiger partial charge in [-0.3, -0.25) is 4.79 Å². The predicted octanol–water partition coefficient (Wildman–Crippen LogP) is 2.35. The van der Waals surface area contributed by atoms with Crippen molar-refractivity contribution in [1.29, 1.82) is 0 Å². The van der Waals surface area contributed by atoms with Crippen molar-refractivity contribution in [2.45, 2.75) is 12.3 Å². The van der Waals surface area contributed by atoms with E-state index in [4.69, 9.17) is 33.0 Å². The second-order valence-corrected chi connectivity index (χ2v) is 6.56. The first-order valence-electron chi connectivity index (χ1n) is 7.78. The van der Waals surface area contributed by atoms with Crippen molar-refractivity contribution in [3.8, 4) is 5.75 Å². The van der Waals surface area contributed by atoms with E-state index in [0.717, 1.165) is 13.1 Å². The molecule has 0 bridgehead atoms. The van der Waals surface area contributed by atoms with Gasteiger partial charge in [-0.15, -0.1) is 5.01 Å². The summed E-state index contributed by atoms with van der Waals surface area (Å²) >= 11 is 11.7. The molecule has 1 atom stereocenters. The van der Waals surface area contributed by atoms with Gasteiger partial charge < -0.3 is 14.6 Å². The molecular formula is C15H13Cl2F3N3O7+. The van der Waals surface area contributed by atoms with Crippen molar-refractivity contribution in [3.05, 3.63) is 38.2 Å². The summed E-state index contributed by atoms with van der Waals surface area (Å²) in [7, 11) is 1.11. The molecular weight excluding hydrogens is 462 g/mol. The average molecular weight is 475 g/mol. The maximum Gasteiger partial charge on any atom is 0.430 e. The van der Waals surface area contributed by atoms with E-state index in [9.17, 15) is 27.7 Å². The standard InChI is InChI=1S/C15H12Cl2F3N3O7/c1-22(5-11(24)25)23(27)21-29-6-28-14(26)9-3-7-2-8(16)4-10(17)12(7)30-13(9)15(18,19)20/h2-4,13H,5-6H2,1H3,(H-,21,24,25,27)/p+1. The van der Waals surface area contributed by atoms with E-state index in [1.54, 1.807) is 5.59 Å². The summed E-state index contributed by atoms with van der Waals surface area (Å²) in [5.41, 5.74) is 0.797. The number of likely N-dealkylation sites (N-methyl/N-ethyl adjacent to an activating group) is 1. The molecule has 2 rings (SSSR count). The van der Waals surface area contributed by atoms with E-state index in [1.165, 1.54) is 12.1 Å². The van der Waals surface area contributed by atoms with Crippen LogP contribution in [0.1, 0.15) is 5.56 Å². The molecule has 0 spiro atoms. The minimum Gasteiger partial charge on any atom is -0.480 e. The Hall–Kier alpha value is -2.77. The molecule has 1 unspecified atom stereocenters. The average Bonchev–Trinajstić information content (AvgIpc) is 2.62. The lowest BCUT2D eigenvalue weighted by Crippen LogP contribution is -2.43. The number of carboxylic acids is 1. The van der Waals surface area contributed by atoms with Crippen molar-refractivity contribution < 1.29 is 47.2 Å². The van der Waals surface area contributed by atoms with Gasteiger partial charge in [0.25, 0.3) is 4.98 Å². The molecule has 1 aliphatic rings. The molecule has 1 aliphatic heterocycles. The van der Waals surface area contributed by atoms with E-state index in [-0.39, 0.29) is 26.3 Å². The Morgan fingerprint density at radius 2 is 2.03 bits per heavy atom. The number of halogens is 5. The molecule has 164 valence electrons. The van der Waals surface area contributed by atoms with Gasteiger partial charge in [0.05, 0.1) is 22.6 Å². The lowest BCUT2D eigenvalue weighted by atomic mass is 10.0. The number of fused-ring (bicyclic) bond motifs is 1. The summed E-state index contributed by atoms with van der Waals surface area (Å²) in [5.74, 6) is -3.06. The fourth-order valence-electron chi connectivity index (χ4n) is 2.22. The fourth-order valence-corrected chi connectivity index (χ4v) is 2.78. The quantitative estimate of drug-likeness (QED) is 0.192. The highest BCUT2D eigenvalue weighted by Crippen LogP contribution is 2.42. The van der Waals surface area contributed by atoms with Crippen LogP contribution in [0.5, 0.6) is 5.75 Å². The van der Waals surface area contributed by atoms with E-state index >= 15 is 0 Å². The minimum absolute atomic E-state index is 0.0278. The number of carbonyl (C=O) groups excluding carboxylic acids is 1. The molecule has 10 nitrogen and oxygen atoms in total. The molecule has 1 heterocycles. The number of carboxylic acid groups (broad SMARTS) is 1. The van der Waals surface area contributed by atoms with Crippen LogP contribution in [0.25, 0.3) is 6.08 Å². The highest BCUT2D eigenvalue weighted by Gasteiger charge is 2.49. The number of aliphatic carboxylic acids is 1. The summed E-state index contributed by atoms with van der Waals surface area (Å²) in [6, 6.07) is 2.43. The van der Waals surface area contributed by atoms with E-state index in [1.807, 2.05) is 0 Å². The van der Waals surface area contributed by atoms with Crippen molar-refractivity contribution in [1.82, 2.24) is 10.6 Å². The Labute approximate surface area is 176 Å². The smallest absolute Gasteiger partial charge is 0.430 e. The number of nitrogens with zero attached hydrogens (tertiary/aromatic N) is 2. The van der Waals surface area contributed by atoms with Gasteiger partial charge in [-0.1, -0.05) is 23.2 Å². The Morgan fingerprint density at radius 1 is 1.37 bits per heavy atom. The van der Waals surface area contributed by atoms with Crippen LogP contribution in [0.3, 0.4) is 0 Å². The molecule has 15 heteroatoms. The van der Waals surface area contributed by atoms with Crippen molar-refractivity contribution in [3.63, 3.8) is 0 Å². The Kier molecular flexibility index (Phi) is 7.34. The number of alkyl halides is 3. The van der Waals surface area contributed by atoms with Gasteiger partial charge in [-0.05, 0) is 18.2 Å². The van der Waals surface area contributed by atoms with Crippen LogP contribution < -0.4 is 10.3 Å². The number of hydrazine groups is 2.